The predicted molar refractivity (Wildman–Crippen MR) is 111 cm³/mol. The first-order valence-electron chi connectivity index (χ1n) is 9.43. The van der Waals surface area contributed by atoms with E-state index in [0.29, 0.717) is 21.3 Å². The molecule has 6 nitrogen and oxygen atoms in total. The molecule has 1 N–H and O–H groups in total. The molecule has 2 aromatic rings. The summed E-state index contributed by atoms with van der Waals surface area (Å²) in [5.41, 5.74) is 1.76. The fourth-order valence-electron chi connectivity index (χ4n) is 3.71. The molecule has 1 saturated heterocycles. The first-order valence-corrected chi connectivity index (χ1v) is 10.2. The number of halogens is 2. The largest absolute Gasteiger partial charge is 0.371 e. The minimum Gasteiger partial charge on any atom is -0.371 e. The van der Waals surface area contributed by atoms with Crippen molar-refractivity contribution in [2.24, 2.45) is 0 Å². The highest BCUT2D eigenvalue weighted by molar-refractivity contribution is 9.10. The van der Waals surface area contributed by atoms with E-state index in [1.807, 2.05) is 0 Å². The van der Waals surface area contributed by atoms with Crippen molar-refractivity contribution in [2.75, 3.05) is 29.9 Å². The van der Waals surface area contributed by atoms with E-state index < -0.39 is 17.6 Å². The van der Waals surface area contributed by atoms with Gasteiger partial charge in [-0.2, -0.15) is 0 Å². The van der Waals surface area contributed by atoms with Gasteiger partial charge in [0.25, 0.3) is 11.8 Å². The maximum atomic E-state index is 14.0. The average molecular weight is 460 g/mol. The number of fused-ring (bicyclic) bond motifs is 1. The van der Waals surface area contributed by atoms with Gasteiger partial charge in [-0.05, 0) is 49.2 Å². The van der Waals surface area contributed by atoms with E-state index in [2.05, 4.69) is 26.1 Å². The number of benzene rings is 2. The van der Waals surface area contributed by atoms with Crippen LogP contribution in [0.25, 0.3) is 0 Å². The van der Waals surface area contributed by atoms with E-state index in [4.69, 9.17) is 0 Å². The van der Waals surface area contributed by atoms with E-state index in [1.54, 1.807) is 24.3 Å². The Kier molecular flexibility index (Phi) is 5.36. The molecule has 0 aromatic heterocycles. The molecule has 0 radical (unpaired) electrons. The molecule has 29 heavy (non-hydrogen) atoms. The number of hydrogen-bond donors (Lipinski definition) is 1. The van der Waals surface area contributed by atoms with Crippen LogP contribution in [0, 0.1) is 5.82 Å². The molecule has 1 fully saturated rings. The van der Waals surface area contributed by atoms with E-state index in [-0.39, 0.29) is 18.9 Å². The quantitative estimate of drug-likeness (QED) is 0.690. The molecule has 2 aromatic carbocycles. The lowest BCUT2D eigenvalue weighted by atomic mass is 10.1. The zero-order valence-corrected chi connectivity index (χ0v) is 17.2. The number of nitrogens with one attached hydrogen (secondary N) is 1. The topological polar surface area (TPSA) is 69.7 Å². The fraction of sp³-hybridized carbons (Fsp3) is 0.286. The molecule has 0 aliphatic carbocycles. The van der Waals surface area contributed by atoms with Crippen molar-refractivity contribution in [3.63, 3.8) is 0 Å². The van der Waals surface area contributed by atoms with Gasteiger partial charge in [0.05, 0.1) is 11.1 Å². The van der Waals surface area contributed by atoms with Crippen LogP contribution >= 0.6 is 15.9 Å². The molecule has 2 aliphatic rings. The number of rotatable bonds is 5. The maximum absolute atomic E-state index is 14.0. The highest BCUT2D eigenvalue weighted by Gasteiger charge is 2.35. The van der Waals surface area contributed by atoms with Gasteiger partial charge < -0.3 is 10.2 Å². The lowest BCUT2D eigenvalue weighted by Gasteiger charge is -2.19. The number of imide groups is 1. The zero-order chi connectivity index (χ0) is 20.5. The molecule has 2 heterocycles. The molecule has 4 rings (SSSR count). The summed E-state index contributed by atoms with van der Waals surface area (Å²) in [6.45, 7) is 1.70. The molecular weight excluding hydrogens is 441 g/mol. The van der Waals surface area contributed by atoms with E-state index in [9.17, 15) is 18.8 Å². The third kappa shape index (κ3) is 4.03. The SMILES string of the molecule is O=C(CCN1C(=O)c2ccc(Br)cc2C1=O)Nc1cc(F)cc(N2CCCC2)c1. The Hall–Kier alpha value is -2.74. The second kappa shape index (κ2) is 7.94. The van der Waals surface area contributed by atoms with Crippen LogP contribution in [0.5, 0.6) is 0 Å². The Morgan fingerprint density at radius 2 is 1.76 bits per heavy atom. The number of amides is 3. The van der Waals surface area contributed by atoms with Crippen LogP contribution in [0.4, 0.5) is 15.8 Å². The van der Waals surface area contributed by atoms with Gasteiger partial charge in [-0.25, -0.2) is 4.39 Å². The zero-order valence-electron chi connectivity index (χ0n) is 15.6. The van der Waals surface area contributed by atoms with E-state index >= 15 is 0 Å². The summed E-state index contributed by atoms with van der Waals surface area (Å²) in [5, 5.41) is 2.67. The second-order valence-corrected chi connectivity index (χ2v) is 8.06. The van der Waals surface area contributed by atoms with Crippen molar-refractivity contribution in [2.45, 2.75) is 19.3 Å². The summed E-state index contributed by atoms with van der Waals surface area (Å²) in [6.07, 6.45) is 2.06. The molecule has 0 unspecified atom stereocenters. The molecule has 150 valence electrons. The molecule has 0 atom stereocenters. The minimum absolute atomic E-state index is 0.0376. The smallest absolute Gasteiger partial charge is 0.261 e. The van der Waals surface area contributed by atoms with Crippen molar-refractivity contribution in [3.05, 3.63) is 57.8 Å². The van der Waals surface area contributed by atoms with Gasteiger partial charge in [-0.3, -0.25) is 19.3 Å². The maximum Gasteiger partial charge on any atom is 0.261 e. The number of anilines is 2. The standard InChI is InChI=1S/C21H19BrFN3O3/c22-13-3-4-17-18(9-13)21(29)26(20(17)28)8-5-19(27)24-15-10-14(23)11-16(12-15)25-6-1-2-7-25/h3-4,9-12H,1-2,5-8H2,(H,24,27). The summed E-state index contributed by atoms with van der Waals surface area (Å²) in [4.78, 5) is 40.4. The van der Waals surface area contributed by atoms with Gasteiger partial charge in [-0.1, -0.05) is 15.9 Å². The second-order valence-electron chi connectivity index (χ2n) is 7.14. The Morgan fingerprint density at radius 1 is 1.03 bits per heavy atom. The van der Waals surface area contributed by atoms with Crippen LogP contribution in [0.15, 0.2) is 40.9 Å². The summed E-state index contributed by atoms with van der Waals surface area (Å²) in [7, 11) is 0. The highest BCUT2D eigenvalue weighted by Crippen LogP contribution is 2.27. The van der Waals surface area contributed by atoms with Gasteiger partial charge in [0.15, 0.2) is 0 Å². The predicted octanol–water partition coefficient (Wildman–Crippen LogP) is 3.81. The third-order valence-corrected chi connectivity index (χ3v) is 5.63. The van der Waals surface area contributed by atoms with Crippen LogP contribution in [0.3, 0.4) is 0 Å². The summed E-state index contributed by atoms with van der Waals surface area (Å²) in [5.74, 6) is -1.63. The molecule has 0 spiro atoms. The highest BCUT2D eigenvalue weighted by atomic mass is 79.9. The average Bonchev–Trinajstić information content (AvgIpc) is 3.28. The Labute approximate surface area is 175 Å². The Balaban J connectivity index is 1.40. The van der Waals surface area contributed by atoms with Crippen LogP contribution in [-0.2, 0) is 4.79 Å². The van der Waals surface area contributed by atoms with Crippen molar-refractivity contribution in [1.82, 2.24) is 4.90 Å². The molecule has 8 heteroatoms. The number of carbonyl (C=O) groups is 3. The normalized spacial score (nSPS) is 15.8. The van der Waals surface area contributed by atoms with Gasteiger partial charge in [0, 0.05) is 41.9 Å². The van der Waals surface area contributed by atoms with Crippen LogP contribution in [0.1, 0.15) is 40.0 Å². The number of nitrogens with zero attached hydrogens (tertiary/aromatic N) is 2. The lowest BCUT2D eigenvalue weighted by molar-refractivity contribution is -0.116. The van der Waals surface area contributed by atoms with Crippen LogP contribution < -0.4 is 10.2 Å². The van der Waals surface area contributed by atoms with Gasteiger partial charge in [0.2, 0.25) is 5.91 Å². The first kappa shape index (κ1) is 19.6. The number of carbonyl (C=O) groups excluding carboxylic acids is 3. The third-order valence-electron chi connectivity index (χ3n) is 5.13. The number of hydrogen-bond acceptors (Lipinski definition) is 4. The Morgan fingerprint density at radius 3 is 2.52 bits per heavy atom. The first-order chi connectivity index (χ1) is 13.9. The summed E-state index contributed by atoms with van der Waals surface area (Å²) < 4.78 is 14.7. The molecule has 0 saturated carbocycles. The van der Waals surface area contributed by atoms with Crippen LogP contribution in [-0.4, -0.2) is 42.3 Å². The molecule has 2 aliphatic heterocycles. The van der Waals surface area contributed by atoms with Crippen LogP contribution in [0.2, 0.25) is 0 Å². The molecule has 0 bridgehead atoms. The van der Waals surface area contributed by atoms with Crippen molar-refractivity contribution < 1.29 is 18.8 Å². The van der Waals surface area contributed by atoms with Gasteiger partial charge in [-0.15, -0.1) is 0 Å². The Bertz CT molecular complexity index is 1000. The van der Waals surface area contributed by atoms with Crippen molar-refractivity contribution in [1.29, 1.82) is 0 Å². The van der Waals surface area contributed by atoms with Crippen molar-refractivity contribution in [3.8, 4) is 0 Å². The lowest BCUT2D eigenvalue weighted by Crippen LogP contribution is -2.32. The van der Waals surface area contributed by atoms with E-state index in [1.165, 1.54) is 12.1 Å². The van der Waals surface area contributed by atoms with Gasteiger partial charge in [0.1, 0.15) is 5.82 Å². The fourth-order valence-corrected chi connectivity index (χ4v) is 4.07. The van der Waals surface area contributed by atoms with E-state index in [0.717, 1.165) is 36.5 Å². The van der Waals surface area contributed by atoms with Crippen molar-refractivity contribution >= 4 is 45.0 Å². The monoisotopic (exact) mass is 459 g/mol. The summed E-state index contributed by atoms with van der Waals surface area (Å²) in [6, 6.07) is 9.34. The molecular formula is C21H19BrFN3O3. The summed E-state index contributed by atoms with van der Waals surface area (Å²) >= 11 is 3.29. The molecule has 3 amide bonds. The minimum atomic E-state index is -0.421. The van der Waals surface area contributed by atoms with Gasteiger partial charge >= 0.3 is 0 Å².